The van der Waals surface area contributed by atoms with Gasteiger partial charge in [-0.2, -0.15) is 0 Å². The highest BCUT2D eigenvalue weighted by atomic mass is 32.2. The Hall–Kier alpha value is -2.45. The summed E-state index contributed by atoms with van der Waals surface area (Å²) < 4.78 is 45.0. The third-order valence-corrected chi connectivity index (χ3v) is 6.28. The molecule has 1 aliphatic rings. The minimum atomic E-state index is -3.71. The molecular formula is C21H25FN2O4S. The van der Waals surface area contributed by atoms with Crippen LogP contribution in [-0.4, -0.2) is 38.9 Å². The molecule has 0 unspecified atom stereocenters. The van der Waals surface area contributed by atoms with Crippen molar-refractivity contribution in [1.29, 1.82) is 0 Å². The number of nitrogens with one attached hydrogen (secondary N) is 1. The number of carbonyl (C=O) groups is 1. The zero-order chi connectivity index (χ0) is 20.9. The number of nitrogens with zero attached hydrogens (tertiary/aromatic N) is 1. The van der Waals surface area contributed by atoms with Crippen LogP contribution in [0.2, 0.25) is 0 Å². The molecule has 156 valence electrons. The van der Waals surface area contributed by atoms with Crippen LogP contribution in [0.3, 0.4) is 0 Å². The molecule has 8 heteroatoms. The molecule has 0 spiro atoms. The van der Waals surface area contributed by atoms with Crippen molar-refractivity contribution in [3.63, 3.8) is 0 Å². The number of ether oxygens (including phenoxy) is 1. The number of rotatable bonds is 10. The molecule has 1 saturated carbocycles. The maximum Gasteiger partial charge on any atom is 0.240 e. The summed E-state index contributed by atoms with van der Waals surface area (Å²) in [5.74, 6) is 0.294. The second-order valence-electron chi connectivity index (χ2n) is 7.06. The van der Waals surface area contributed by atoms with Crippen molar-refractivity contribution in [2.45, 2.75) is 43.2 Å². The molecule has 3 rings (SSSR count). The van der Waals surface area contributed by atoms with Gasteiger partial charge in [0.15, 0.2) is 0 Å². The monoisotopic (exact) mass is 420 g/mol. The summed E-state index contributed by atoms with van der Waals surface area (Å²) in [6, 6.07) is 12.5. The lowest BCUT2D eigenvalue weighted by molar-refractivity contribution is -0.132. The van der Waals surface area contributed by atoms with Crippen molar-refractivity contribution in [2.75, 3.05) is 13.7 Å². The summed E-state index contributed by atoms with van der Waals surface area (Å²) in [6.45, 7) is 0.682. The minimum absolute atomic E-state index is 0.00402. The molecule has 0 aromatic heterocycles. The van der Waals surface area contributed by atoms with E-state index in [1.165, 1.54) is 12.1 Å². The van der Waals surface area contributed by atoms with Crippen LogP contribution in [0.15, 0.2) is 53.4 Å². The molecule has 1 amide bonds. The fraction of sp³-hybridized carbons (Fsp3) is 0.381. The topological polar surface area (TPSA) is 75.7 Å². The lowest BCUT2D eigenvalue weighted by Crippen LogP contribution is -2.33. The maximum absolute atomic E-state index is 12.9. The van der Waals surface area contributed by atoms with Gasteiger partial charge in [-0.05, 0) is 61.2 Å². The number of hydrogen-bond donors (Lipinski definition) is 1. The van der Waals surface area contributed by atoms with Gasteiger partial charge in [0.05, 0.1) is 12.0 Å². The molecule has 0 bridgehead atoms. The number of benzene rings is 2. The zero-order valence-corrected chi connectivity index (χ0v) is 17.1. The Balaban J connectivity index is 1.49. The van der Waals surface area contributed by atoms with Crippen LogP contribution in [0.5, 0.6) is 5.75 Å². The Bertz CT molecular complexity index is 926. The highest BCUT2D eigenvalue weighted by molar-refractivity contribution is 7.89. The zero-order valence-electron chi connectivity index (χ0n) is 16.3. The predicted molar refractivity (Wildman–Crippen MR) is 107 cm³/mol. The van der Waals surface area contributed by atoms with E-state index in [1.54, 1.807) is 7.11 Å². The van der Waals surface area contributed by atoms with Crippen LogP contribution < -0.4 is 9.46 Å². The average Bonchev–Trinajstić information content (AvgIpc) is 3.55. The molecule has 1 N–H and O–H groups in total. The molecule has 2 aromatic carbocycles. The highest BCUT2D eigenvalue weighted by Gasteiger charge is 2.32. The standard InChI is InChI=1S/C21H25FN2O4S/c1-28-19-10-4-16(5-11-19)15-24(18-8-9-18)21(25)3-2-14-23-29(26,27)20-12-6-17(22)7-13-20/h4-7,10-13,18,23H,2-3,8-9,14-15H2,1H3. The number of amides is 1. The predicted octanol–water partition coefficient (Wildman–Crippen LogP) is 3.08. The van der Waals surface area contributed by atoms with Crippen LogP contribution >= 0.6 is 0 Å². The first kappa shape index (κ1) is 21.3. The lowest BCUT2D eigenvalue weighted by Gasteiger charge is -2.23. The summed E-state index contributed by atoms with van der Waals surface area (Å²) in [7, 11) is -2.10. The van der Waals surface area contributed by atoms with E-state index in [9.17, 15) is 17.6 Å². The Labute approximate surface area is 170 Å². The van der Waals surface area contributed by atoms with Crippen LogP contribution in [0.4, 0.5) is 4.39 Å². The largest absolute Gasteiger partial charge is 0.497 e. The molecule has 0 saturated heterocycles. The van der Waals surface area contributed by atoms with Crippen molar-refractivity contribution < 1.29 is 22.3 Å². The average molecular weight is 421 g/mol. The van der Waals surface area contributed by atoms with Gasteiger partial charge < -0.3 is 9.64 Å². The molecule has 1 aliphatic carbocycles. The number of hydrogen-bond acceptors (Lipinski definition) is 4. The summed E-state index contributed by atoms with van der Waals surface area (Å²) in [6.07, 6.45) is 2.65. The van der Waals surface area contributed by atoms with E-state index in [4.69, 9.17) is 4.74 Å². The number of carbonyl (C=O) groups excluding carboxylic acids is 1. The summed E-state index contributed by atoms with van der Waals surface area (Å²) in [5.41, 5.74) is 1.03. The van der Waals surface area contributed by atoms with E-state index < -0.39 is 15.8 Å². The van der Waals surface area contributed by atoms with Gasteiger partial charge in [-0.3, -0.25) is 4.79 Å². The van der Waals surface area contributed by atoms with Crippen molar-refractivity contribution >= 4 is 15.9 Å². The highest BCUT2D eigenvalue weighted by Crippen LogP contribution is 2.29. The van der Waals surface area contributed by atoms with Gasteiger partial charge in [-0.25, -0.2) is 17.5 Å². The molecule has 1 fully saturated rings. The maximum atomic E-state index is 12.9. The van der Waals surface area contributed by atoms with E-state index >= 15 is 0 Å². The van der Waals surface area contributed by atoms with Crippen LogP contribution in [0.25, 0.3) is 0 Å². The van der Waals surface area contributed by atoms with Crippen LogP contribution in [0, 0.1) is 5.82 Å². The Morgan fingerprint density at radius 3 is 2.38 bits per heavy atom. The van der Waals surface area contributed by atoms with Gasteiger partial charge >= 0.3 is 0 Å². The van der Waals surface area contributed by atoms with Crippen molar-refractivity contribution in [1.82, 2.24) is 9.62 Å². The summed E-state index contributed by atoms with van der Waals surface area (Å²) in [4.78, 5) is 14.5. The second kappa shape index (κ2) is 9.37. The van der Waals surface area contributed by atoms with Crippen LogP contribution in [0.1, 0.15) is 31.2 Å². The summed E-state index contributed by atoms with van der Waals surface area (Å²) in [5, 5.41) is 0. The first-order valence-electron chi connectivity index (χ1n) is 9.56. The quantitative estimate of drug-likeness (QED) is 0.600. The second-order valence-corrected chi connectivity index (χ2v) is 8.82. The fourth-order valence-corrected chi connectivity index (χ4v) is 4.10. The third kappa shape index (κ3) is 6.01. The van der Waals surface area contributed by atoms with Crippen molar-refractivity contribution in [3.05, 3.63) is 59.9 Å². The van der Waals surface area contributed by atoms with Gasteiger partial charge in [-0.1, -0.05) is 12.1 Å². The third-order valence-electron chi connectivity index (χ3n) is 4.80. The number of sulfonamides is 1. The van der Waals surface area contributed by atoms with Gasteiger partial charge in [-0.15, -0.1) is 0 Å². The molecule has 0 aliphatic heterocycles. The van der Waals surface area contributed by atoms with E-state index in [1.807, 2.05) is 29.2 Å². The molecule has 0 heterocycles. The molecule has 0 atom stereocenters. The van der Waals surface area contributed by atoms with E-state index in [2.05, 4.69) is 4.72 Å². The van der Waals surface area contributed by atoms with E-state index in [0.717, 1.165) is 36.3 Å². The smallest absolute Gasteiger partial charge is 0.240 e. The number of methoxy groups -OCH3 is 1. The van der Waals surface area contributed by atoms with E-state index in [0.29, 0.717) is 13.0 Å². The van der Waals surface area contributed by atoms with E-state index in [-0.39, 0.29) is 29.8 Å². The summed E-state index contributed by atoms with van der Waals surface area (Å²) >= 11 is 0. The van der Waals surface area contributed by atoms with Gasteiger partial charge in [0.1, 0.15) is 11.6 Å². The lowest BCUT2D eigenvalue weighted by atomic mass is 10.2. The first-order valence-corrected chi connectivity index (χ1v) is 11.0. The normalized spacial score (nSPS) is 13.9. The van der Waals surface area contributed by atoms with Gasteiger partial charge in [0.2, 0.25) is 15.9 Å². The molecular weight excluding hydrogens is 395 g/mol. The Morgan fingerprint density at radius 1 is 1.14 bits per heavy atom. The molecule has 29 heavy (non-hydrogen) atoms. The van der Waals surface area contributed by atoms with Crippen LogP contribution in [-0.2, 0) is 21.4 Å². The minimum Gasteiger partial charge on any atom is -0.497 e. The van der Waals surface area contributed by atoms with Gasteiger partial charge in [0, 0.05) is 25.6 Å². The Kier molecular flexibility index (Phi) is 6.87. The van der Waals surface area contributed by atoms with Crippen molar-refractivity contribution in [2.24, 2.45) is 0 Å². The Morgan fingerprint density at radius 2 is 1.79 bits per heavy atom. The first-order chi connectivity index (χ1) is 13.9. The van der Waals surface area contributed by atoms with Crippen molar-refractivity contribution in [3.8, 4) is 5.75 Å². The van der Waals surface area contributed by atoms with Gasteiger partial charge in [0.25, 0.3) is 0 Å². The molecule has 2 aromatic rings. The SMILES string of the molecule is COc1ccc(CN(C(=O)CCCNS(=O)(=O)c2ccc(F)cc2)C2CC2)cc1. The number of halogens is 1. The molecule has 0 radical (unpaired) electrons. The fourth-order valence-electron chi connectivity index (χ4n) is 3.02. The molecule has 6 nitrogen and oxygen atoms in total.